The number of nitrogens with one attached hydrogen (secondary N) is 2. The van der Waals surface area contributed by atoms with E-state index in [0.29, 0.717) is 22.5 Å². The molecule has 6 nitrogen and oxygen atoms in total. The molecule has 0 spiro atoms. The number of hydrogen-bond donors (Lipinski definition) is 2. The summed E-state index contributed by atoms with van der Waals surface area (Å²) in [7, 11) is 1.30. The Balaban J connectivity index is 1.78. The van der Waals surface area contributed by atoms with E-state index in [1.165, 1.54) is 24.5 Å². The van der Waals surface area contributed by atoms with Crippen molar-refractivity contribution < 1.29 is 19.1 Å². The lowest BCUT2D eigenvalue weighted by Gasteiger charge is -2.18. The zero-order chi connectivity index (χ0) is 20.6. The lowest BCUT2D eigenvalue weighted by Crippen LogP contribution is -2.45. The Morgan fingerprint density at radius 2 is 1.79 bits per heavy atom. The highest BCUT2D eigenvalue weighted by Gasteiger charge is 2.23. The van der Waals surface area contributed by atoms with Crippen molar-refractivity contribution in [3.05, 3.63) is 88.1 Å². The fourth-order valence-electron chi connectivity index (χ4n) is 2.77. The smallest absolute Gasteiger partial charge is 0.337 e. The van der Waals surface area contributed by atoms with Crippen LogP contribution >= 0.6 is 11.3 Å². The summed E-state index contributed by atoms with van der Waals surface area (Å²) in [5.41, 5.74) is 1.69. The van der Waals surface area contributed by atoms with Crippen molar-refractivity contribution in [2.45, 2.75) is 12.5 Å². The average Bonchev–Trinajstić information content (AvgIpc) is 3.28. The summed E-state index contributed by atoms with van der Waals surface area (Å²) in [5, 5.41) is 7.38. The number of esters is 1. The van der Waals surface area contributed by atoms with E-state index in [-0.39, 0.29) is 11.8 Å². The van der Waals surface area contributed by atoms with Gasteiger partial charge in [-0.15, -0.1) is 11.3 Å². The molecule has 0 aliphatic rings. The molecule has 0 aliphatic carbocycles. The normalized spacial score (nSPS) is 11.3. The Kier molecular flexibility index (Phi) is 6.76. The molecule has 1 unspecified atom stereocenters. The molecule has 0 fully saturated rings. The van der Waals surface area contributed by atoms with Crippen molar-refractivity contribution in [3.8, 4) is 0 Å². The molecule has 3 rings (SSSR count). The van der Waals surface area contributed by atoms with Crippen molar-refractivity contribution in [1.29, 1.82) is 0 Å². The number of rotatable bonds is 7. The number of hydrogen-bond acceptors (Lipinski definition) is 5. The monoisotopic (exact) mass is 408 g/mol. The van der Waals surface area contributed by atoms with Crippen LogP contribution in [0.2, 0.25) is 0 Å². The number of carbonyl (C=O) groups is 3. The average molecular weight is 408 g/mol. The molecule has 29 heavy (non-hydrogen) atoms. The number of ether oxygens (including phenoxy) is 1. The molecule has 0 saturated carbocycles. The van der Waals surface area contributed by atoms with Crippen molar-refractivity contribution in [3.63, 3.8) is 0 Å². The summed E-state index contributed by atoms with van der Waals surface area (Å²) in [6.45, 7) is 0. The van der Waals surface area contributed by atoms with Crippen LogP contribution in [-0.2, 0) is 16.0 Å². The molecule has 148 valence electrons. The predicted octanol–water partition coefficient (Wildman–Crippen LogP) is 3.51. The van der Waals surface area contributed by atoms with Crippen molar-refractivity contribution in [2.24, 2.45) is 0 Å². The molecule has 2 aromatic carbocycles. The fraction of sp³-hybridized carbons (Fsp3) is 0.136. The highest BCUT2D eigenvalue weighted by atomic mass is 32.1. The second kappa shape index (κ2) is 9.66. The van der Waals surface area contributed by atoms with Crippen molar-refractivity contribution in [1.82, 2.24) is 5.32 Å². The summed E-state index contributed by atoms with van der Waals surface area (Å²) in [6.07, 6.45) is 0.334. The van der Waals surface area contributed by atoms with Crippen LogP contribution in [0.1, 0.15) is 25.6 Å². The molecule has 2 amide bonds. The van der Waals surface area contributed by atoms with E-state index in [0.717, 1.165) is 5.56 Å². The topological polar surface area (TPSA) is 84.5 Å². The first-order valence-electron chi connectivity index (χ1n) is 8.94. The molecule has 1 atom stereocenters. The van der Waals surface area contributed by atoms with Crippen LogP contribution in [-0.4, -0.2) is 30.9 Å². The van der Waals surface area contributed by atoms with Gasteiger partial charge in [0.15, 0.2) is 0 Å². The van der Waals surface area contributed by atoms with Gasteiger partial charge in [-0.25, -0.2) is 4.79 Å². The third kappa shape index (κ3) is 5.52. The predicted molar refractivity (Wildman–Crippen MR) is 112 cm³/mol. The largest absolute Gasteiger partial charge is 0.465 e. The quantitative estimate of drug-likeness (QED) is 0.586. The van der Waals surface area contributed by atoms with E-state index in [1.807, 2.05) is 30.3 Å². The van der Waals surface area contributed by atoms with Gasteiger partial charge < -0.3 is 15.4 Å². The molecular formula is C22H20N2O4S. The zero-order valence-corrected chi connectivity index (χ0v) is 16.6. The Morgan fingerprint density at radius 3 is 2.48 bits per heavy atom. The number of thiophene rings is 1. The van der Waals surface area contributed by atoms with Crippen LogP contribution < -0.4 is 10.6 Å². The number of methoxy groups -OCH3 is 1. The van der Waals surface area contributed by atoms with Gasteiger partial charge in [0.25, 0.3) is 5.91 Å². The van der Waals surface area contributed by atoms with Crippen LogP contribution in [0.3, 0.4) is 0 Å². The van der Waals surface area contributed by atoms with Gasteiger partial charge in [0, 0.05) is 12.1 Å². The Labute approximate surface area is 172 Å². The van der Waals surface area contributed by atoms with Gasteiger partial charge in [0.2, 0.25) is 5.91 Å². The first kappa shape index (κ1) is 20.3. The highest BCUT2D eigenvalue weighted by molar-refractivity contribution is 7.12. The van der Waals surface area contributed by atoms with Gasteiger partial charge in [-0.2, -0.15) is 0 Å². The summed E-state index contributed by atoms with van der Waals surface area (Å²) in [5.74, 6) is -1.17. The van der Waals surface area contributed by atoms with E-state index in [1.54, 1.807) is 35.7 Å². The first-order valence-corrected chi connectivity index (χ1v) is 9.82. The van der Waals surface area contributed by atoms with E-state index in [4.69, 9.17) is 4.74 Å². The molecule has 3 aromatic rings. The summed E-state index contributed by atoms with van der Waals surface area (Å²) < 4.78 is 4.71. The second-order valence-corrected chi connectivity index (χ2v) is 7.20. The minimum absolute atomic E-state index is 0.306. The minimum atomic E-state index is -0.784. The van der Waals surface area contributed by atoms with Gasteiger partial charge in [-0.3, -0.25) is 9.59 Å². The Morgan fingerprint density at radius 1 is 1.00 bits per heavy atom. The third-order valence-electron chi connectivity index (χ3n) is 4.20. The molecule has 1 heterocycles. The molecule has 0 radical (unpaired) electrons. The van der Waals surface area contributed by atoms with E-state index < -0.39 is 12.0 Å². The standard InChI is InChI=1S/C22H20N2O4S/c1-28-22(27)16-9-5-10-17(14-16)23-20(25)18(13-15-7-3-2-4-8-15)24-21(26)19-11-6-12-29-19/h2-12,14,18H,13H2,1H3,(H,23,25)(H,24,26). The van der Waals surface area contributed by atoms with Gasteiger partial charge in [0.05, 0.1) is 17.6 Å². The fourth-order valence-corrected chi connectivity index (χ4v) is 3.39. The minimum Gasteiger partial charge on any atom is -0.465 e. The lowest BCUT2D eigenvalue weighted by molar-refractivity contribution is -0.118. The third-order valence-corrected chi connectivity index (χ3v) is 5.07. The van der Waals surface area contributed by atoms with E-state index in [2.05, 4.69) is 10.6 Å². The second-order valence-electron chi connectivity index (χ2n) is 6.25. The maximum Gasteiger partial charge on any atom is 0.337 e. The highest BCUT2D eigenvalue weighted by Crippen LogP contribution is 2.14. The van der Waals surface area contributed by atoms with E-state index in [9.17, 15) is 14.4 Å². The van der Waals surface area contributed by atoms with Gasteiger partial charge in [-0.05, 0) is 35.2 Å². The summed E-state index contributed by atoms with van der Waals surface area (Å²) in [6, 6.07) is 18.6. The Hall–Kier alpha value is -3.45. The first-order chi connectivity index (χ1) is 14.1. The van der Waals surface area contributed by atoms with Crippen LogP contribution in [0, 0.1) is 0 Å². The molecule has 1 aromatic heterocycles. The van der Waals surface area contributed by atoms with E-state index >= 15 is 0 Å². The van der Waals surface area contributed by atoms with Gasteiger partial charge >= 0.3 is 5.97 Å². The zero-order valence-electron chi connectivity index (χ0n) is 15.8. The van der Waals surface area contributed by atoms with Crippen LogP contribution in [0.15, 0.2) is 72.1 Å². The lowest BCUT2D eigenvalue weighted by atomic mass is 10.0. The number of anilines is 1. The summed E-state index contributed by atoms with van der Waals surface area (Å²) >= 11 is 1.31. The Bertz CT molecular complexity index is 987. The molecule has 7 heteroatoms. The molecule has 2 N–H and O–H groups in total. The number of amides is 2. The summed E-state index contributed by atoms with van der Waals surface area (Å²) in [4.78, 5) is 37.7. The molecule has 0 bridgehead atoms. The SMILES string of the molecule is COC(=O)c1cccc(NC(=O)C(Cc2ccccc2)NC(=O)c2cccs2)c1. The van der Waals surface area contributed by atoms with Crippen LogP contribution in [0.25, 0.3) is 0 Å². The number of benzene rings is 2. The van der Waals surface area contributed by atoms with Gasteiger partial charge in [-0.1, -0.05) is 42.5 Å². The van der Waals surface area contributed by atoms with Gasteiger partial charge in [0.1, 0.15) is 6.04 Å². The maximum absolute atomic E-state index is 12.9. The molecule has 0 saturated heterocycles. The van der Waals surface area contributed by atoms with Crippen LogP contribution in [0.4, 0.5) is 5.69 Å². The van der Waals surface area contributed by atoms with Crippen molar-refractivity contribution >= 4 is 34.8 Å². The maximum atomic E-state index is 12.9. The van der Waals surface area contributed by atoms with Crippen LogP contribution in [0.5, 0.6) is 0 Å². The molecular weight excluding hydrogens is 388 g/mol. The molecule has 0 aliphatic heterocycles. The van der Waals surface area contributed by atoms with Crippen molar-refractivity contribution in [2.75, 3.05) is 12.4 Å². The number of carbonyl (C=O) groups excluding carboxylic acids is 3.